The van der Waals surface area contributed by atoms with Gasteiger partial charge >= 0.3 is 0 Å². The zero-order valence-corrected chi connectivity index (χ0v) is 7.29. The van der Waals surface area contributed by atoms with Crippen LogP contribution in [0.1, 0.15) is 0 Å². The lowest BCUT2D eigenvalue weighted by Gasteiger charge is -2.17. The summed E-state index contributed by atoms with van der Waals surface area (Å²) in [5.41, 5.74) is 0. The first-order valence-corrected chi connectivity index (χ1v) is 4.36. The summed E-state index contributed by atoms with van der Waals surface area (Å²) in [7, 11) is 1.99. The van der Waals surface area contributed by atoms with Gasteiger partial charge in [0.2, 0.25) is 5.91 Å². The van der Waals surface area contributed by atoms with E-state index in [0.29, 0.717) is 17.9 Å². The van der Waals surface area contributed by atoms with Crippen molar-refractivity contribution in [3.8, 4) is 0 Å². The SMILES string of the molecule is C=CC(=O)N1CC2C(C1)C2NC. The predicted octanol–water partition coefficient (Wildman–Crippen LogP) is -0.151. The van der Waals surface area contributed by atoms with Gasteiger partial charge in [-0.25, -0.2) is 0 Å². The molecule has 1 aliphatic heterocycles. The van der Waals surface area contributed by atoms with Crippen LogP contribution in [-0.2, 0) is 4.79 Å². The van der Waals surface area contributed by atoms with E-state index in [-0.39, 0.29) is 5.91 Å². The van der Waals surface area contributed by atoms with Gasteiger partial charge in [0.15, 0.2) is 0 Å². The molecular weight excluding hydrogens is 152 g/mol. The standard InChI is InChI=1S/C9H14N2O/c1-3-8(12)11-4-6-7(5-11)9(6)10-2/h3,6-7,9-10H,1,4-5H2,2H3. The van der Waals surface area contributed by atoms with Crippen molar-refractivity contribution in [3.05, 3.63) is 12.7 Å². The van der Waals surface area contributed by atoms with E-state index in [1.165, 1.54) is 6.08 Å². The van der Waals surface area contributed by atoms with E-state index >= 15 is 0 Å². The number of likely N-dealkylation sites (tertiary alicyclic amines) is 1. The number of carbonyl (C=O) groups excluding carboxylic acids is 1. The van der Waals surface area contributed by atoms with Crippen LogP contribution in [0.5, 0.6) is 0 Å². The molecule has 0 aromatic heterocycles. The fraction of sp³-hybridized carbons (Fsp3) is 0.667. The molecule has 1 amide bonds. The summed E-state index contributed by atoms with van der Waals surface area (Å²) in [6, 6.07) is 0.666. The summed E-state index contributed by atoms with van der Waals surface area (Å²) in [6.45, 7) is 5.31. The largest absolute Gasteiger partial charge is 0.338 e. The minimum absolute atomic E-state index is 0.0806. The lowest BCUT2D eigenvalue weighted by atomic mass is 10.3. The predicted molar refractivity (Wildman–Crippen MR) is 46.6 cm³/mol. The Morgan fingerprint density at radius 1 is 1.58 bits per heavy atom. The number of nitrogens with one attached hydrogen (secondary N) is 1. The summed E-state index contributed by atoms with van der Waals surface area (Å²) < 4.78 is 0. The minimum atomic E-state index is 0.0806. The molecule has 1 aliphatic carbocycles. The zero-order valence-electron chi connectivity index (χ0n) is 7.29. The molecule has 1 N–H and O–H groups in total. The molecule has 12 heavy (non-hydrogen) atoms. The Hall–Kier alpha value is -0.830. The van der Waals surface area contributed by atoms with E-state index in [0.717, 1.165) is 13.1 Å². The molecule has 0 spiro atoms. The molecule has 66 valence electrons. The van der Waals surface area contributed by atoms with E-state index < -0.39 is 0 Å². The van der Waals surface area contributed by atoms with E-state index in [1.807, 2.05) is 11.9 Å². The summed E-state index contributed by atoms with van der Waals surface area (Å²) in [4.78, 5) is 13.0. The zero-order chi connectivity index (χ0) is 8.72. The van der Waals surface area contributed by atoms with E-state index in [2.05, 4.69) is 11.9 Å². The highest BCUT2D eigenvalue weighted by atomic mass is 16.2. The molecule has 1 heterocycles. The summed E-state index contributed by atoms with van der Waals surface area (Å²) in [6.07, 6.45) is 1.40. The van der Waals surface area contributed by atoms with Crippen molar-refractivity contribution in [2.24, 2.45) is 11.8 Å². The second-order valence-electron chi connectivity index (χ2n) is 3.59. The van der Waals surface area contributed by atoms with Crippen LogP contribution in [0.15, 0.2) is 12.7 Å². The number of rotatable bonds is 2. The first-order valence-electron chi connectivity index (χ1n) is 4.36. The average Bonchev–Trinajstić information content (AvgIpc) is 2.56. The summed E-state index contributed by atoms with van der Waals surface area (Å²) in [5, 5.41) is 3.25. The van der Waals surface area contributed by atoms with Gasteiger partial charge in [0.1, 0.15) is 0 Å². The summed E-state index contributed by atoms with van der Waals surface area (Å²) in [5.74, 6) is 1.50. The highest BCUT2D eigenvalue weighted by Gasteiger charge is 2.55. The summed E-state index contributed by atoms with van der Waals surface area (Å²) >= 11 is 0. The van der Waals surface area contributed by atoms with Crippen LogP contribution in [0, 0.1) is 11.8 Å². The Kier molecular flexibility index (Phi) is 1.68. The highest BCUT2D eigenvalue weighted by Crippen LogP contribution is 2.45. The van der Waals surface area contributed by atoms with Crippen molar-refractivity contribution in [3.63, 3.8) is 0 Å². The number of hydrogen-bond acceptors (Lipinski definition) is 2. The van der Waals surface area contributed by atoms with Gasteiger partial charge < -0.3 is 10.2 Å². The third-order valence-electron chi connectivity index (χ3n) is 3.01. The topological polar surface area (TPSA) is 32.3 Å². The van der Waals surface area contributed by atoms with Gasteiger partial charge in [0.25, 0.3) is 0 Å². The molecule has 3 heteroatoms. The third-order valence-corrected chi connectivity index (χ3v) is 3.01. The molecule has 0 bridgehead atoms. The molecule has 0 radical (unpaired) electrons. The number of carbonyl (C=O) groups is 1. The van der Waals surface area contributed by atoms with Gasteiger partial charge in [-0.2, -0.15) is 0 Å². The fourth-order valence-electron chi connectivity index (χ4n) is 2.26. The van der Waals surface area contributed by atoms with Crippen molar-refractivity contribution in [1.82, 2.24) is 10.2 Å². The first-order chi connectivity index (χ1) is 5.77. The number of hydrogen-bond donors (Lipinski definition) is 1. The van der Waals surface area contributed by atoms with Crippen molar-refractivity contribution in [2.45, 2.75) is 6.04 Å². The molecular formula is C9H14N2O. The second-order valence-corrected chi connectivity index (χ2v) is 3.59. The van der Waals surface area contributed by atoms with E-state index in [4.69, 9.17) is 0 Å². The third kappa shape index (κ3) is 0.966. The lowest BCUT2D eigenvalue weighted by molar-refractivity contribution is -0.125. The van der Waals surface area contributed by atoms with Crippen LogP contribution >= 0.6 is 0 Å². The highest BCUT2D eigenvalue weighted by molar-refractivity contribution is 5.87. The van der Waals surface area contributed by atoms with Crippen molar-refractivity contribution >= 4 is 5.91 Å². The number of amides is 1. The molecule has 2 atom stereocenters. The molecule has 2 rings (SSSR count). The molecule has 1 saturated heterocycles. The van der Waals surface area contributed by atoms with Gasteiger partial charge in [-0.3, -0.25) is 4.79 Å². The molecule has 0 aromatic rings. The van der Waals surface area contributed by atoms with Crippen LogP contribution in [0.4, 0.5) is 0 Å². The van der Waals surface area contributed by atoms with Crippen molar-refractivity contribution in [1.29, 1.82) is 0 Å². The smallest absolute Gasteiger partial charge is 0.245 e. The lowest BCUT2D eigenvalue weighted by Crippen LogP contribution is -2.33. The molecule has 3 nitrogen and oxygen atoms in total. The van der Waals surface area contributed by atoms with Crippen LogP contribution in [0.3, 0.4) is 0 Å². The Labute approximate surface area is 72.4 Å². The van der Waals surface area contributed by atoms with Gasteiger partial charge in [-0.05, 0) is 25.0 Å². The van der Waals surface area contributed by atoms with E-state index in [1.54, 1.807) is 0 Å². The quantitative estimate of drug-likeness (QED) is 0.578. The van der Waals surface area contributed by atoms with E-state index in [9.17, 15) is 4.79 Å². The number of piperidine rings is 1. The van der Waals surface area contributed by atoms with Crippen LogP contribution < -0.4 is 5.32 Å². The second kappa shape index (κ2) is 2.59. The van der Waals surface area contributed by atoms with Crippen LogP contribution in [0.25, 0.3) is 0 Å². The first kappa shape index (κ1) is 7.80. The Morgan fingerprint density at radius 3 is 2.58 bits per heavy atom. The molecule has 2 fully saturated rings. The molecule has 2 aliphatic rings. The number of nitrogens with zero attached hydrogens (tertiary/aromatic N) is 1. The molecule has 0 aromatic carbocycles. The maximum Gasteiger partial charge on any atom is 0.245 e. The van der Waals surface area contributed by atoms with Gasteiger partial charge in [0, 0.05) is 19.1 Å². The van der Waals surface area contributed by atoms with Crippen molar-refractivity contribution in [2.75, 3.05) is 20.1 Å². The maximum absolute atomic E-state index is 11.2. The molecule has 2 unspecified atom stereocenters. The number of fused-ring (bicyclic) bond motifs is 1. The fourth-order valence-corrected chi connectivity index (χ4v) is 2.26. The minimum Gasteiger partial charge on any atom is -0.338 e. The normalized spacial score (nSPS) is 37.8. The van der Waals surface area contributed by atoms with Crippen LogP contribution in [-0.4, -0.2) is 37.0 Å². The van der Waals surface area contributed by atoms with Gasteiger partial charge in [-0.15, -0.1) is 0 Å². The average molecular weight is 166 g/mol. The van der Waals surface area contributed by atoms with Gasteiger partial charge in [0.05, 0.1) is 0 Å². The Bertz CT molecular complexity index is 215. The van der Waals surface area contributed by atoms with Gasteiger partial charge in [-0.1, -0.05) is 6.58 Å². The Morgan fingerprint density at radius 2 is 2.17 bits per heavy atom. The molecule has 1 saturated carbocycles. The van der Waals surface area contributed by atoms with Crippen LogP contribution in [0.2, 0.25) is 0 Å². The monoisotopic (exact) mass is 166 g/mol. The Balaban J connectivity index is 1.89. The van der Waals surface area contributed by atoms with Crippen molar-refractivity contribution < 1.29 is 4.79 Å². The maximum atomic E-state index is 11.2.